The Balaban J connectivity index is 1.45. The van der Waals surface area contributed by atoms with E-state index in [1.807, 2.05) is 12.3 Å². The standard InChI is InChI=1S/C16H19N5S/c1-12-18-9-15(22-12)11-21-5-4-14(10-21)8-20-16-3-2-13(6-17)7-19-16/h2-3,7,9,14H,4-5,8,10-11H2,1H3,(H,19,20)/t14-/m0/s1. The van der Waals surface area contributed by atoms with E-state index in [0.717, 1.165) is 37.0 Å². The Bertz CT molecular complexity index is 658. The number of hydrogen-bond acceptors (Lipinski definition) is 6. The third-order valence-electron chi connectivity index (χ3n) is 3.88. The summed E-state index contributed by atoms with van der Waals surface area (Å²) in [5, 5.41) is 13.3. The number of nitrogens with one attached hydrogen (secondary N) is 1. The van der Waals surface area contributed by atoms with Crippen LogP contribution in [0.5, 0.6) is 0 Å². The first kappa shape index (κ1) is 14.9. The molecule has 0 bridgehead atoms. The average Bonchev–Trinajstić information content (AvgIpc) is 3.15. The second kappa shape index (κ2) is 6.86. The molecule has 1 atom stereocenters. The topological polar surface area (TPSA) is 64.8 Å². The zero-order chi connectivity index (χ0) is 15.4. The fourth-order valence-corrected chi connectivity index (χ4v) is 3.57. The van der Waals surface area contributed by atoms with E-state index >= 15 is 0 Å². The highest BCUT2D eigenvalue weighted by atomic mass is 32.1. The van der Waals surface area contributed by atoms with Crippen molar-refractivity contribution in [2.24, 2.45) is 5.92 Å². The predicted octanol–water partition coefficient (Wildman–Crippen LogP) is 2.65. The molecule has 6 heteroatoms. The molecule has 1 aliphatic rings. The van der Waals surface area contributed by atoms with E-state index in [4.69, 9.17) is 5.26 Å². The maximum atomic E-state index is 8.76. The molecule has 5 nitrogen and oxygen atoms in total. The molecule has 0 aromatic carbocycles. The SMILES string of the molecule is Cc1ncc(CN2CC[C@@H](CNc3ccc(C#N)cn3)C2)s1. The number of rotatable bonds is 5. The van der Waals surface area contributed by atoms with Crippen LogP contribution in [-0.2, 0) is 6.54 Å². The molecule has 1 saturated heterocycles. The summed E-state index contributed by atoms with van der Waals surface area (Å²) in [6.45, 7) is 6.24. The fraction of sp³-hybridized carbons (Fsp3) is 0.438. The van der Waals surface area contributed by atoms with Crippen molar-refractivity contribution in [2.45, 2.75) is 19.9 Å². The summed E-state index contributed by atoms with van der Waals surface area (Å²) in [4.78, 5) is 12.4. The molecule has 0 unspecified atom stereocenters. The molecule has 0 spiro atoms. The van der Waals surface area contributed by atoms with Gasteiger partial charge in [0.25, 0.3) is 0 Å². The van der Waals surface area contributed by atoms with Crippen LogP contribution in [0.1, 0.15) is 21.9 Å². The number of nitrogens with zero attached hydrogens (tertiary/aromatic N) is 4. The Morgan fingerprint density at radius 3 is 3.00 bits per heavy atom. The van der Waals surface area contributed by atoms with Crippen molar-refractivity contribution < 1.29 is 0 Å². The largest absolute Gasteiger partial charge is 0.370 e. The first-order valence-electron chi connectivity index (χ1n) is 7.46. The summed E-state index contributed by atoms with van der Waals surface area (Å²) >= 11 is 1.78. The van der Waals surface area contributed by atoms with Gasteiger partial charge >= 0.3 is 0 Å². The molecule has 0 amide bonds. The van der Waals surface area contributed by atoms with Gasteiger partial charge in [0.05, 0.1) is 10.6 Å². The number of aromatic nitrogens is 2. The number of nitriles is 1. The summed E-state index contributed by atoms with van der Waals surface area (Å²) < 4.78 is 0. The molecule has 2 aromatic rings. The molecular formula is C16H19N5S. The van der Waals surface area contributed by atoms with Gasteiger partial charge in [0.2, 0.25) is 0 Å². The minimum atomic E-state index is 0.595. The normalized spacial score (nSPS) is 18.3. The molecule has 3 heterocycles. The molecule has 0 radical (unpaired) electrons. The second-order valence-electron chi connectivity index (χ2n) is 5.66. The van der Waals surface area contributed by atoms with Crippen LogP contribution in [0, 0.1) is 24.2 Å². The predicted molar refractivity (Wildman–Crippen MR) is 87.7 cm³/mol. The van der Waals surface area contributed by atoms with Gasteiger partial charge in [-0.1, -0.05) is 0 Å². The van der Waals surface area contributed by atoms with Crippen molar-refractivity contribution >= 4 is 17.2 Å². The highest BCUT2D eigenvalue weighted by Gasteiger charge is 2.22. The van der Waals surface area contributed by atoms with Crippen molar-refractivity contribution in [1.82, 2.24) is 14.9 Å². The maximum Gasteiger partial charge on any atom is 0.125 e. The monoisotopic (exact) mass is 313 g/mol. The highest BCUT2D eigenvalue weighted by Crippen LogP contribution is 2.21. The van der Waals surface area contributed by atoms with Crippen molar-refractivity contribution in [3.63, 3.8) is 0 Å². The van der Waals surface area contributed by atoms with Gasteiger partial charge < -0.3 is 5.32 Å². The van der Waals surface area contributed by atoms with Crippen LogP contribution in [0.2, 0.25) is 0 Å². The second-order valence-corrected chi connectivity index (χ2v) is 6.98. The van der Waals surface area contributed by atoms with Gasteiger partial charge in [-0.25, -0.2) is 9.97 Å². The van der Waals surface area contributed by atoms with Gasteiger partial charge in [-0.15, -0.1) is 11.3 Å². The van der Waals surface area contributed by atoms with Crippen LogP contribution in [0.15, 0.2) is 24.5 Å². The van der Waals surface area contributed by atoms with Gasteiger partial charge in [0.1, 0.15) is 11.9 Å². The summed E-state index contributed by atoms with van der Waals surface area (Å²) in [5.41, 5.74) is 0.595. The van der Waals surface area contributed by atoms with Gasteiger partial charge in [-0.05, 0) is 37.9 Å². The van der Waals surface area contributed by atoms with Gasteiger partial charge in [0.15, 0.2) is 0 Å². The minimum Gasteiger partial charge on any atom is -0.370 e. The van der Waals surface area contributed by atoms with Crippen LogP contribution in [0.4, 0.5) is 5.82 Å². The smallest absolute Gasteiger partial charge is 0.125 e. The lowest BCUT2D eigenvalue weighted by molar-refractivity contribution is 0.321. The molecule has 3 rings (SSSR count). The number of pyridine rings is 1. The molecule has 114 valence electrons. The van der Waals surface area contributed by atoms with Crippen molar-refractivity contribution in [1.29, 1.82) is 5.26 Å². The summed E-state index contributed by atoms with van der Waals surface area (Å²) in [6, 6.07) is 5.74. The Morgan fingerprint density at radius 1 is 1.41 bits per heavy atom. The summed E-state index contributed by atoms with van der Waals surface area (Å²) in [5.74, 6) is 1.49. The Labute approximate surface area is 134 Å². The van der Waals surface area contributed by atoms with E-state index < -0.39 is 0 Å². The molecule has 1 aliphatic heterocycles. The molecule has 0 aliphatic carbocycles. The average molecular weight is 313 g/mol. The third-order valence-corrected chi connectivity index (χ3v) is 4.78. The first-order chi connectivity index (χ1) is 10.7. The molecule has 1 N–H and O–H groups in total. The van der Waals surface area contributed by atoms with E-state index in [9.17, 15) is 0 Å². The number of thiazole rings is 1. The van der Waals surface area contributed by atoms with Gasteiger partial charge in [-0.3, -0.25) is 4.90 Å². The van der Waals surface area contributed by atoms with Crippen LogP contribution in [0.3, 0.4) is 0 Å². The molecular weight excluding hydrogens is 294 g/mol. The molecule has 0 saturated carbocycles. The van der Waals surface area contributed by atoms with E-state index in [1.165, 1.54) is 11.3 Å². The van der Waals surface area contributed by atoms with Gasteiger partial charge in [-0.2, -0.15) is 5.26 Å². The van der Waals surface area contributed by atoms with Crippen molar-refractivity contribution in [3.8, 4) is 6.07 Å². The zero-order valence-corrected chi connectivity index (χ0v) is 13.4. The Kier molecular flexibility index (Phi) is 4.66. The lowest BCUT2D eigenvalue weighted by atomic mass is 10.1. The van der Waals surface area contributed by atoms with E-state index in [-0.39, 0.29) is 0 Å². The van der Waals surface area contributed by atoms with Crippen LogP contribution < -0.4 is 5.32 Å². The lowest BCUT2D eigenvalue weighted by Gasteiger charge is -2.15. The Morgan fingerprint density at radius 2 is 2.32 bits per heavy atom. The molecule has 2 aromatic heterocycles. The minimum absolute atomic E-state index is 0.595. The van der Waals surface area contributed by atoms with E-state index in [0.29, 0.717) is 11.5 Å². The lowest BCUT2D eigenvalue weighted by Crippen LogP contribution is -2.22. The summed E-state index contributed by atoms with van der Waals surface area (Å²) in [6.07, 6.45) is 4.81. The molecule has 22 heavy (non-hydrogen) atoms. The van der Waals surface area contributed by atoms with Crippen molar-refractivity contribution in [3.05, 3.63) is 40.0 Å². The van der Waals surface area contributed by atoms with Crippen LogP contribution in [0.25, 0.3) is 0 Å². The van der Waals surface area contributed by atoms with Crippen molar-refractivity contribution in [2.75, 3.05) is 25.0 Å². The number of anilines is 1. The first-order valence-corrected chi connectivity index (χ1v) is 8.28. The van der Waals surface area contributed by atoms with E-state index in [1.54, 1.807) is 23.6 Å². The number of likely N-dealkylation sites (tertiary alicyclic amines) is 1. The summed E-state index contributed by atoms with van der Waals surface area (Å²) in [7, 11) is 0. The highest BCUT2D eigenvalue weighted by molar-refractivity contribution is 7.11. The fourth-order valence-electron chi connectivity index (χ4n) is 2.74. The number of hydrogen-bond donors (Lipinski definition) is 1. The Hall–Kier alpha value is -1.97. The van der Waals surface area contributed by atoms with Crippen LogP contribution >= 0.6 is 11.3 Å². The van der Waals surface area contributed by atoms with Gasteiger partial charge in [0, 0.05) is 36.9 Å². The van der Waals surface area contributed by atoms with Crippen LogP contribution in [-0.4, -0.2) is 34.5 Å². The number of aryl methyl sites for hydroxylation is 1. The quantitative estimate of drug-likeness (QED) is 0.919. The molecule has 1 fully saturated rings. The third kappa shape index (κ3) is 3.81. The van der Waals surface area contributed by atoms with E-state index in [2.05, 4.69) is 33.2 Å². The maximum absolute atomic E-state index is 8.76. The zero-order valence-electron chi connectivity index (χ0n) is 12.6.